The maximum atomic E-state index is 13.0. The van der Waals surface area contributed by atoms with Crippen LogP contribution in [0.3, 0.4) is 0 Å². The average Bonchev–Trinajstić information content (AvgIpc) is 2.58. The molecule has 0 unspecified atom stereocenters. The molecule has 27 heavy (non-hydrogen) atoms. The first kappa shape index (κ1) is 20.8. The van der Waals surface area contributed by atoms with Gasteiger partial charge in [-0.2, -0.15) is 13.2 Å². The summed E-state index contributed by atoms with van der Waals surface area (Å²) < 4.78 is 39.1. The van der Waals surface area contributed by atoms with Crippen molar-refractivity contribution in [2.45, 2.75) is 20.0 Å². The lowest BCUT2D eigenvalue weighted by Crippen LogP contribution is -2.37. The predicted molar refractivity (Wildman–Crippen MR) is 98.0 cm³/mol. The third-order valence-corrected chi connectivity index (χ3v) is 4.18. The van der Waals surface area contributed by atoms with Gasteiger partial charge in [0.15, 0.2) is 0 Å². The van der Waals surface area contributed by atoms with Crippen LogP contribution in [-0.2, 0) is 11.0 Å². The zero-order valence-corrected chi connectivity index (χ0v) is 15.5. The van der Waals surface area contributed by atoms with Gasteiger partial charge in [0.25, 0.3) is 5.91 Å². The fraction of sp³-hybridized carbons (Fsp3) is 0.263. The van der Waals surface area contributed by atoms with Gasteiger partial charge in [0.1, 0.15) is 0 Å². The zero-order valence-electron chi connectivity index (χ0n) is 14.7. The van der Waals surface area contributed by atoms with Crippen LogP contribution in [0.4, 0.5) is 18.9 Å². The lowest BCUT2D eigenvalue weighted by molar-refractivity contribution is -0.137. The van der Waals surface area contributed by atoms with Crippen molar-refractivity contribution >= 4 is 29.1 Å². The highest BCUT2D eigenvalue weighted by Crippen LogP contribution is 2.36. The molecule has 0 saturated heterocycles. The number of nitrogens with one attached hydrogen (secondary N) is 1. The van der Waals surface area contributed by atoms with Crippen molar-refractivity contribution in [3.63, 3.8) is 0 Å². The van der Waals surface area contributed by atoms with Gasteiger partial charge in [0, 0.05) is 31.3 Å². The second-order valence-corrected chi connectivity index (χ2v) is 6.37. The number of rotatable bonds is 5. The summed E-state index contributed by atoms with van der Waals surface area (Å²) in [7, 11) is 0. The Morgan fingerprint density at radius 2 is 1.85 bits per heavy atom. The van der Waals surface area contributed by atoms with E-state index in [0.29, 0.717) is 5.56 Å². The molecule has 4 nitrogen and oxygen atoms in total. The lowest BCUT2D eigenvalue weighted by atomic mass is 10.1. The standard InChI is InChI=1S/C19H18ClF3N2O2/c1-12-4-3-5-14(10-12)18(27)24-8-9-25(13(2)26)15-6-7-17(20)16(11-15)19(21,22)23/h3-7,10-11H,8-9H2,1-2H3,(H,24,27). The van der Waals surface area contributed by atoms with E-state index in [1.54, 1.807) is 18.2 Å². The van der Waals surface area contributed by atoms with Crippen molar-refractivity contribution in [3.8, 4) is 0 Å². The minimum atomic E-state index is -4.63. The highest BCUT2D eigenvalue weighted by atomic mass is 35.5. The summed E-state index contributed by atoms with van der Waals surface area (Å²) in [4.78, 5) is 25.2. The minimum absolute atomic E-state index is 0.0197. The number of alkyl halides is 3. The van der Waals surface area contributed by atoms with E-state index in [2.05, 4.69) is 5.32 Å². The van der Waals surface area contributed by atoms with E-state index >= 15 is 0 Å². The normalized spacial score (nSPS) is 11.2. The molecule has 2 rings (SSSR count). The number of anilines is 1. The summed E-state index contributed by atoms with van der Waals surface area (Å²) in [5, 5.41) is 2.21. The Hall–Kier alpha value is -2.54. The van der Waals surface area contributed by atoms with Crippen molar-refractivity contribution in [3.05, 3.63) is 64.2 Å². The topological polar surface area (TPSA) is 49.4 Å². The minimum Gasteiger partial charge on any atom is -0.350 e. The Morgan fingerprint density at radius 1 is 1.15 bits per heavy atom. The molecule has 0 saturated carbocycles. The molecule has 8 heteroatoms. The number of aryl methyl sites for hydroxylation is 1. The van der Waals surface area contributed by atoms with Crippen LogP contribution in [0.25, 0.3) is 0 Å². The molecule has 2 aromatic carbocycles. The third kappa shape index (κ3) is 5.47. The first-order valence-corrected chi connectivity index (χ1v) is 8.47. The quantitative estimate of drug-likeness (QED) is 0.809. The highest BCUT2D eigenvalue weighted by Gasteiger charge is 2.34. The van der Waals surface area contributed by atoms with E-state index in [9.17, 15) is 22.8 Å². The second-order valence-electron chi connectivity index (χ2n) is 5.96. The number of carbonyl (C=O) groups is 2. The van der Waals surface area contributed by atoms with E-state index in [1.807, 2.05) is 13.0 Å². The summed E-state index contributed by atoms with van der Waals surface area (Å²) in [6.45, 7) is 3.19. The van der Waals surface area contributed by atoms with Crippen LogP contribution >= 0.6 is 11.6 Å². The van der Waals surface area contributed by atoms with Crippen LogP contribution in [0, 0.1) is 6.92 Å². The molecule has 0 bridgehead atoms. The van der Waals surface area contributed by atoms with Gasteiger partial charge in [0.05, 0.1) is 10.6 Å². The maximum Gasteiger partial charge on any atom is 0.417 e. The van der Waals surface area contributed by atoms with Gasteiger partial charge in [-0.1, -0.05) is 29.3 Å². The zero-order chi connectivity index (χ0) is 20.2. The highest BCUT2D eigenvalue weighted by molar-refractivity contribution is 6.31. The molecule has 0 aliphatic rings. The fourth-order valence-electron chi connectivity index (χ4n) is 2.54. The van der Waals surface area contributed by atoms with Gasteiger partial charge in [-0.15, -0.1) is 0 Å². The smallest absolute Gasteiger partial charge is 0.350 e. The summed E-state index contributed by atoms with van der Waals surface area (Å²) in [5.74, 6) is -0.774. The first-order chi connectivity index (χ1) is 12.6. The van der Waals surface area contributed by atoms with Gasteiger partial charge < -0.3 is 10.2 Å². The van der Waals surface area contributed by atoms with Crippen LogP contribution in [0.15, 0.2) is 42.5 Å². The molecule has 0 radical (unpaired) electrons. The summed E-state index contributed by atoms with van der Waals surface area (Å²) >= 11 is 5.61. The number of hydrogen-bond acceptors (Lipinski definition) is 2. The van der Waals surface area contributed by atoms with E-state index < -0.39 is 22.7 Å². The first-order valence-electron chi connectivity index (χ1n) is 8.09. The number of hydrogen-bond donors (Lipinski definition) is 1. The van der Waals surface area contributed by atoms with Crippen molar-refractivity contribution in [2.24, 2.45) is 0 Å². The molecular formula is C19H18ClF3N2O2. The van der Waals surface area contributed by atoms with Crippen molar-refractivity contribution in [2.75, 3.05) is 18.0 Å². The molecule has 2 amide bonds. The van der Waals surface area contributed by atoms with Gasteiger partial charge in [-0.25, -0.2) is 0 Å². The largest absolute Gasteiger partial charge is 0.417 e. The average molecular weight is 399 g/mol. The molecule has 0 fully saturated rings. The molecular weight excluding hydrogens is 381 g/mol. The van der Waals surface area contributed by atoms with Gasteiger partial charge in [-0.3, -0.25) is 9.59 Å². The number of amides is 2. The number of nitrogens with zero attached hydrogens (tertiary/aromatic N) is 1. The fourth-order valence-corrected chi connectivity index (χ4v) is 2.76. The van der Waals surface area contributed by atoms with E-state index in [-0.39, 0.29) is 24.7 Å². The molecule has 0 heterocycles. The molecule has 0 aliphatic heterocycles. The van der Waals surface area contributed by atoms with Crippen molar-refractivity contribution in [1.82, 2.24) is 5.32 Å². The molecule has 0 aromatic heterocycles. The van der Waals surface area contributed by atoms with Gasteiger partial charge in [0.2, 0.25) is 5.91 Å². The van der Waals surface area contributed by atoms with Crippen LogP contribution in [0.2, 0.25) is 5.02 Å². The van der Waals surface area contributed by atoms with Crippen LogP contribution < -0.4 is 10.2 Å². The van der Waals surface area contributed by atoms with Gasteiger partial charge in [-0.05, 0) is 37.3 Å². The summed E-state index contributed by atoms with van der Waals surface area (Å²) in [6.07, 6.45) is -4.63. The van der Waals surface area contributed by atoms with Crippen LogP contribution in [-0.4, -0.2) is 24.9 Å². The molecule has 0 spiro atoms. The van der Waals surface area contributed by atoms with E-state index in [4.69, 9.17) is 11.6 Å². The Morgan fingerprint density at radius 3 is 2.44 bits per heavy atom. The van der Waals surface area contributed by atoms with E-state index in [1.165, 1.54) is 13.0 Å². The number of benzene rings is 2. The Bertz CT molecular complexity index is 853. The monoisotopic (exact) mass is 398 g/mol. The Balaban J connectivity index is 2.10. The SMILES string of the molecule is CC(=O)N(CCNC(=O)c1cccc(C)c1)c1ccc(Cl)c(C(F)(F)F)c1. The summed E-state index contributed by atoms with van der Waals surface area (Å²) in [5.41, 5.74) is 0.435. The molecule has 0 atom stereocenters. The Labute approximate surface area is 159 Å². The molecule has 0 aliphatic carbocycles. The van der Waals surface area contributed by atoms with E-state index in [0.717, 1.165) is 22.6 Å². The van der Waals surface area contributed by atoms with Crippen LogP contribution in [0.1, 0.15) is 28.4 Å². The van der Waals surface area contributed by atoms with Crippen molar-refractivity contribution < 1.29 is 22.8 Å². The summed E-state index contributed by atoms with van der Waals surface area (Å²) in [6, 6.07) is 10.2. The molecule has 1 N–H and O–H groups in total. The number of carbonyl (C=O) groups excluding carboxylic acids is 2. The van der Waals surface area contributed by atoms with Gasteiger partial charge >= 0.3 is 6.18 Å². The van der Waals surface area contributed by atoms with Crippen molar-refractivity contribution in [1.29, 1.82) is 0 Å². The molecule has 2 aromatic rings. The third-order valence-electron chi connectivity index (χ3n) is 3.85. The maximum absolute atomic E-state index is 13.0. The second kappa shape index (κ2) is 8.43. The Kier molecular flexibility index (Phi) is 6.49. The van der Waals surface area contributed by atoms with Crippen LogP contribution in [0.5, 0.6) is 0 Å². The molecule has 144 valence electrons. The number of halogens is 4. The lowest BCUT2D eigenvalue weighted by Gasteiger charge is -2.23. The predicted octanol–water partition coefficient (Wildman–Crippen LogP) is 4.45.